The van der Waals surface area contributed by atoms with E-state index in [0.29, 0.717) is 11.1 Å². The fourth-order valence-electron chi connectivity index (χ4n) is 4.59. The van der Waals surface area contributed by atoms with Crippen LogP contribution in [0.1, 0.15) is 30.5 Å². The van der Waals surface area contributed by atoms with Gasteiger partial charge in [0.2, 0.25) is 5.72 Å². The molecule has 1 aromatic heterocycles. The highest BCUT2D eigenvalue weighted by Gasteiger charge is 2.57. The minimum Gasteiger partial charge on any atom is -0.462 e. The molecule has 3 heterocycles. The van der Waals surface area contributed by atoms with Crippen LogP contribution in [0.4, 0.5) is 18.9 Å². The van der Waals surface area contributed by atoms with E-state index in [2.05, 4.69) is 35.9 Å². The van der Waals surface area contributed by atoms with Crippen LogP contribution in [-0.2, 0) is 11.6 Å². The van der Waals surface area contributed by atoms with Crippen LogP contribution >= 0.6 is 0 Å². The van der Waals surface area contributed by atoms with Crippen molar-refractivity contribution in [1.29, 1.82) is 0 Å². The van der Waals surface area contributed by atoms with Crippen molar-refractivity contribution in [3.05, 3.63) is 71.4 Å². The lowest BCUT2D eigenvalue weighted by Gasteiger charge is -2.46. The zero-order valence-electron chi connectivity index (χ0n) is 16.2. The summed E-state index contributed by atoms with van der Waals surface area (Å²) in [5, 5.41) is 0.569. The third kappa shape index (κ3) is 2.29. The van der Waals surface area contributed by atoms with Gasteiger partial charge in [-0.05, 0) is 55.8 Å². The lowest BCUT2D eigenvalue weighted by molar-refractivity contribution is -0.137. The zero-order chi connectivity index (χ0) is 20.6. The Morgan fingerprint density at radius 1 is 1.07 bits per heavy atom. The molecule has 148 valence electrons. The number of pyridine rings is 1. The van der Waals surface area contributed by atoms with Crippen LogP contribution in [-0.4, -0.2) is 17.8 Å². The van der Waals surface area contributed by atoms with Gasteiger partial charge in [0, 0.05) is 29.9 Å². The molecule has 1 atom stereocenters. The average Bonchev–Trinajstić information content (AvgIpc) is 2.86. The maximum Gasteiger partial charge on any atom is 0.416 e. The Bertz CT molecular complexity index is 1180. The molecule has 0 saturated carbocycles. The van der Waals surface area contributed by atoms with Crippen LogP contribution in [0.2, 0.25) is 0 Å². The van der Waals surface area contributed by atoms with Crippen LogP contribution in [0, 0.1) is 0 Å². The van der Waals surface area contributed by atoms with Gasteiger partial charge in [-0.25, -0.2) is 0 Å². The van der Waals surface area contributed by atoms with Gasteiger partial charge < -0.3 is 9.64 Å². The van der Waals surface area contributed by atoms with E-state index in [9.17, 15) is 13.2 Å². The molecule has 3 aromatic rings. The molecule has 2 aliphatic rings. The minimum atomic E-state index is -4.41. The molecule has 29 heavy (non-hydrogen) atoms. The first kappa shape index (κ1) is 18.0. The van der Waals surface area contributed by atoms with Crippen LogP contribution in [0.15, 0.2) is 54.7 Å². The number of hydrogen-bond acceptors (Lipinski definition) is 3. The van der Waals surface area contributed by atoms with Crippen LogP contribution < -0.4 is 9.64 Å². The Labute approximate surface area is 166 Å². The number of hydrogen-bond donors (Lipinski definition) is 0. The fourth-order valence-corrected chi connectivity index (χ4v) is 4.59. The Kier molecular flexibility index (Phi) is 3.44. The summed E-state index contributed by atoms with van der Waals surface area (Å²) in [7, 11) is 1.98. The third-order valence-electron chi connectivity index (χ3n) is 6.25. The molecular weight excluding hydrogens is 377 g/mol. The van der Waals surface area contributed by atoms with Gasteiger partial charge in [-0.2, -0.15) is 13.2 Å². The lowest BCUT2D eigenvalue weighted by Crippen LogP contribution is -2.58. The summed E-state index contributed by atoms with van der Waals surface area (Å²) >= 11 is 0. The number of benzene rings is 2. The van der Waals surface area contributed by atoms with Gasteiger partial charge in [-0.3, -0.25) is 4.98 Å². The number of halogens is 3. The number of likely N-dealkylation sites (N-methyl/N-ethyl adjacent to an activating group) is 1. The summed E-state index contributed by atoms with van der Waals surface area (Å²) in [4.78, 5) is 6.33. The molecule has 3 nitrogen and oxygen atoms in total. The minimum absolute atomic E-state index is 0.264. The number of rotatable bonds is 0. The highest BCUT2D eigenvalue weighted by molar-refractivity contribution is 5.90. The van der Waals surface area contributed by atoms with Gasteiger partial charge in [0.15, 0.2) is 0 Å². The van der Waals surface area contributed by atoms with Crippen molar-refractivity contribution in [2.24, 2.45) is 0 Å². The highest BCUT2D eigenvalue weighted by Crippen LogP contribution is 2.54. The number of ether oxygens (including phenoxy) is 1. The summed E-state index contributed by atoms with van der Waals surface area (Å²) < 4.78 is 46.0. The molecule has 0 amide bonds. The average molecular weight is 396 g/mol. The number of alkyl halides is 3. The first-order valence-electron chi connectivity index (χ1n) is 9.37. The largest absolute Gasteiger partial charge is 0.462 e. The van der Waals surface area contributed by atoms with Crippen molar-refractivity contribution in [1.82, 2.24) is 4.98 Å². The molecule has 1 unspecified atom stereocenters. The normalized spacial score (nSPS) is 21.9. The second-order valence-electron chi connectivity index (χ2n) is 8.11. The third-order valence-corrected chi connectivity index (χ3v) is 6.25. The van der Waals surface area contributed by atoms with Gasteiger partial charge >= 0.3 is 6.18 Å². The first-order chi connectivity index (χ1) is 13.6. The van der Waals surface area contributed by atoms with Crippen molar-refractivity contribution in [3.63, 3.8) is 0 Å². The first-order valence-corrected chi connectivity index (χ1v) is 9.37. The van der Waals surface area contributed by atoms with E-state index >= 15 is 0 Å². The van der Waals surface area contributed by atoms with E-state index < -0.39 is 17.5 Å². The van der Waals surface area contributed by atoms with Gasteiger partial charge in [0.25, 0.3) is 0 Å². The smallest absolute Gasteiger partial charge is 0.416 e. The van der Waals surface area contributed by atoms with Crippen molar-refractivity contribution in [2.45, 2.75) is 31.2 Å². The SMILES string of the molecule is CN1c2ccccc2C(C)(C)C12C=Cc1cnc3cc(C(F)(F)F)ccc3c1O2. The predicted molar refractivity (Wildman–Crippen MR) is 107 cm³/mol. The van der Waals surface area contributed by atoms with E-state index in [1.54, 1.807) is 6.20 Å². The molecule has 2 aliphatic heterocycles. The van der Waals surface area contributed by atoms with E-state index in [1.807, 2.05) is 31.3 Å². The Hall–Kier alpha value is -3.02. The van der Waals surface area contributed by atoms with Gasteiger partial charge in [-0.15, -0.1) is 0 Å². The second-order valence-corrected chi connectivity index (χ2v) is 8.11. The molecule has 0 saturated heterocycles. The molecule has 0 N–H and O–H groups in total. The quantitative estimate of drug-likeness (QED) is 0.481. The number of nitrogens with zero attached hydrogens (tertiary/aromatic N) is 2. The molecule has 6 heteroatoms. The van der Waals surface area contributed by atoms with Gasteiger partial charge in [0.1, 0.15) is 5.75 Å². The van der Waals surface area contributed by atoms with Gasteiger partial charge in [0.05, 0.1) is 16.5 Å². The molecule has 5 rings (SSSR count). The molecule has 0 bridgehead atoms. The zero-order valence-corrected chi connectivity index (χ0v) is 16.2. The summed E-state index contributed by atoms with van der Waals surface area (Å²) in [6, 6.07) is 11.7. The number of para-hydroxylation sites is 1. The molecule has 0 radical (unpaired) electrons. The fraction of sp³-hybridized carbons (Fsp3) is 0.261. The van der Waals surface area contributed by atoms with Crippen molar-refractivity contribution < 1.29 is 17.9 Å². The van der Waals surface area contributed by atoms with Crippen LogP contribution in [0.25, 0.3) is 17.0 Å². The number of fused-ring (bicyclic) bond motifs is 4. The van der Waals surface area contributed by atoms with Gasteiger partial charge in [-0.1, -0.05) is 18.2 Å². The monoisotopic (exact) mass is 396 g/mol. The maximum absolute atomic E-state index is 13.1. The Morgan fingerprint density at radius 2 is 1.83 bits per heavy atom. The molecule has 1 spiro atoms. The van der Waals surface area contributed by atoms with Crippen molar-refractivity contribution in [3.8, 4) is 5.75 Å². The van der Waals surface area contributed by atoms with E-state index in [4.69, 9.17) is 4.74 Å². The van der Waals surface area contributed by atoms with Crippen LogP contribution in [0.5, 0.6) is 5.75 Å². The second kappa shape index (κ2) is 5.53. The van der Waals surface area contributed by atoms with Crippen molar-refractivity contribution >= 4 is 22.7 Å². The Balaban J connectivity index is 1.69. The van der Waals surface area contributed by atoms with Crippen LogP contribution in [0.3, 0.4) is 0 Å². The summed E-state index contributed by atoms with van der Waals surface area (Å²) in [6.07, 6.45) is 1.12. The standard InChI is InChI=1S/C23H19F3N2O/c1-21(2)17-6-4-5-7-19(17)28(3)22(21)11-10-14-13-27-18-12-15(23(24,25)26)8-9-16(18)20(14)29-22/h4-13H,1-3H3. The molecule has 2 aromatic carbocycles. The summed E-state index contributed by atoms with van der Waals surface area (Å²) in [5.74, 6) is 0.555. The highest BCUT2D eigenvalue weighted by atomic mass is 19.4. The summed E-state index contributed by atoms with van der Waals surface area (Å²) in [6.45, 7) is 4.24. The molecule has 0 fully saturated rings. The Morgan fingerprint density at radius 3 is 2.55 bits per heavy atom. The lowest BCUT2D eigenvalue weighted by atomic mass is 9.76. The van der Waals surface area contributed by atoms with E-state index in [0.717, 1.165) is 28.9 Å². The molecular formula is C23H19F3N2O. The predicted octanol–water partition coefficient (Wildman–Crippen LogP) is 5.78. The number of anilines is 1. The number of aromatic nitrogens is 1. The summed E-state index contributed by atoms with van der Waals surface area (Å²) in [5.41, 5.74) is 1.36. The van der Waals surface area contributed by atoms with E-state index in [1.165, 1.54) is 6.07 Å². The topological polar surface area (TPSA) is 25.4 Å². The molecule has 0 aliphatic carbocycles. The van der Waals surface area contributed by atoms with E-state index in [-0.39, 0.29) is 10.9 Å². The van der Waals surface area contributed by atoms with Crippen molar-refractivity contribution in [2.75, 3.05) is 11.9 Å². The maximum atomic E-state index is 13.1.